The van der Waals surface area contributed by atoms with Crippen LogP contribution < -0.4 is 0 Å². The van der Waals surface area contributed by atoms with Crippen LogP contribution in [-0.2, 0) is 143 Å². The molecule has 0 N–H and O–H groups in total. The lowest BCUT2D eigenvalue weighted by atomic mass is 9.47. The molecule has 22 aliphatic rings. The Kier molecular flexibility index (Phi) is 32.2. The van der Waals surface area contributed by atoms with Crippen LogP contribution in [0.4, 0.5) is 0 Å². The van der Waals surface area contributed by atoms with Crippen molar-refractivity contribution in [2.75, 3.05) is 39.6 Å². The van der Waals surface area contributed by atoms with Crippen LogP contribution in [0.1, 0.15) is 298 Å². The largest absolute Gasteiger partial charge is 0.458 e. The predicted octanol–water partition coefficient (Wildman–Crippen LogP) is 15.6. The van der Waals surface area contributed by atoms with Crippen LogP contribution in [0.2, 0.25) is 0 Å². The summed E-state index contributed by atoms with van der Waals surface area (Å²) in [5.41, 5.74) is -1.98. The van der Waals surface area contributed by atoms with Crippen LogP contribution in [0.5, 0.6) is 0 Å². The second-order valence-corrected chi connectivity index (χ2v) is 50.5. The fourth-order valence-electron chi connectivity index (χ4n) is 28.4. The number of carbonyl (C=O) groups is 12. The molecule has 0 spiro atoms. The molecule has 0 aromatic heterocycles. The molecule has 32 heteroatoms. The Bertz CT molecular complexity index is 4660. The molecule has 762 valence electrons. The molecule has 22 rings (SSSR count). The molecular weight excluding hydrogens is 1790 g/mol. The molecule has 2 heterocycles. The molecule has 22 fully saturated rings. The van der Waals surface area contributed by atoms with Crippen LogP contribution >= 0.6 is 0 Å². The van der Waals surface area contributed by atoms with Crippen molar-refractivity contribution >= 4 is 91.9 Å². The molecule has 0 amide bonds. The molecule has 20 aliphatic carbocycles. The second kappa shape index (κ2) is 41.3. The van der Waals surface area contributed by atoms with Gasteiger partial charge in [-0.3, -0.25) is 22.7 Å². The van der Waals surface area contributed by atoms with Crippen LogP contribution in [0.3, 0.4) is 0 Å². The highest BCUT2D eigenvalue weighted by Gasteiger charge is 2.69. The van der Waals surface area contributed by atoms with Gasteiger partial charge in [-0.1, -0.05) is 68.2 Å². The molecule has 0 aromatic carbocycles. The van der Waals surface area contributed by atoms with Gasteiger partial charge in [0.1, 0.15) is 46.8 Å². The smallest absolute Gasteiger partial charge is 0.344 e. The van der Waals surface area contributed by atoms with E-state index in [2.05, 4.69) is 66.0 Å². The lowest BCUT2D eigenvalue weighted by Gasteiger charge is -2.62. The van der Waals surface area contributed by atoms with Crippen LogP contribution in [0, 0.1) is 146 Å². The van der Waals surface area contributed by atoms with Gasteiger partial charge in [0, 0.05) is 40.4 Å². The summed E-state index contributed by atoms with van der Waals surface area (Å²) in [6.45, 7) is 42.4. The number of esters is 12. The molecule has 2 aliphatic heterocycles. The predicted molar refractivity (Wildman–Crippen MR) is 494 cm³/mol. The molecule has 30 nitrogen and oxygen atoms in total. The van der Waals surface area contributed by atoms with Gasteiger partial charge in [0.15, 0.2) is 39.6 Å². The number of fused-ring (bicyclic) bond motifs is 2. The van der Waals surface area contributed by atoms with E-state index in [-0.39, 0.29) is 63.4 Å². The van der Waals surface area contributed by atoms with Gasteiger partial charge in [-0.15, -0.1) is 0 Å². The lowest BCUT2D eigenvalue weighted by Crippen LogP contribution is -2.63. The van der Waals surface area contributed by atoms with Gasteiger partial charge in [-0.2, -0.15) is 16.8 Å². The van der Waals surface area contributed by atoms with Crippen molar-refractivity contribution in [3.63, 3.8) is 0 Å². The zero-order chi connectivity index (χ0) is 99.6. The molecular formula is C104H154O30S2. The average molecular weight is 1950 g/mol. The Morgan fingerprint density at radius 1 is 0.324 bits per heavy atom. The number of carbonyl (C=O) groups excluding carboxylic acids is 12. The lowest BCUT2D eigenvalue weighted by molar-refractivity contribution is -0.231. The van der Waals surface area contributed by atoms with E-state index in [0.717, 1.165) is 105 Å². The fraction of sp³-hybridized carbons (Fsp3) is 0.827. The van der Waals surface area contributed by atoms with Crippen molar-refractivity contribution in [3.8, 4) is 0 Å². The van der Waals surface area contributed by atoms with Crippen LogP contribution in [-0.4, -0.2) is 185 Å². The first-order valence-electron chi connectivity index (χ1n) is 50.7. The van der Waals surface area contributed by atoms with E-state index in [1.165, 1.54) is 90.9 Å². The first-order valence-corrected chi connectivity index (χ1v) is 53.6. The standard InChI is InChI=1S/C21H32O6.C19H26O6.C19H32O2.C17H26O2.C15H22O7S.C13H16O7S/c1-5-20(2,3)19(24)26-11-17(22)25-12-18(23)27-21(4)15-7-13-6-14(9-15)10-16(21)8-13;1-11(2)18(22)24-9-16(20)23-10-17(21)25-19(3)14-5-12-4-13(7-14)8-15(19)6-12;1-6-18(4,5)17(20)21-19(12(2)3)15-8-13-7-14(10-15)11-16(19)9-13;1-10(2)16(18)19-17(11(3)4)14-6-12-5-13(8-14)9-15(17)7-12;1-4-15(2,3)14(17)20-7-11(16)21-12-8-5-9-10(6-8)23(18,19)22-13(9)12;1-6(2)13(15)18-5-10(14)19-11-7-3-8-9(4-7)21(16,17)20-12(8)11/h13-16H,5-12H2,1-4H3;12-15H,1,4-10H2,2-3H3;12-16H,6-11H2,1-5H3;11-15H,1,5-9H2,2-4H3;8-10,12-13H,4-7H2,1-3H3;7-9,11-12H,1,3-5H2,2H3. The van der Waals surface area contributed by atoms with Gasteiger partial charge in [-0.05, 0) is 356 Å². The molecule has 0 aromatic rings. The van der Waals surface area contributed by atoms with E-state index in [0.29, 0.717) is 103 Å². The zero-order valence-electron chi connectivity index (χ0n) is 83.7. The minimum Gasteiger partial charge on any atom is -0.458 e. The minimum atomic E-state index is -3.53. The maximum atomic E-state index is 12.8. The summed E-state index contributed by atoms with van der Waals surface area (Å²) in [5.74, 6) is 5.26. The zero-order valence-corrected chi connectivity index (χ0v) is 85.3. The molecule has 2 saturated heterocycles. The highest BCUT2D eigenvalue weighted by atomic mass is 32.2. The molecule has 10 unspecified atom stereocenters. The number of ether oxygens (including phenoxy) is 12. The van der Waals surface area contributed by atoms with Gasteiger partial charge < -0.3 is 56.8 Å². The second-order valence-electron chi connectivity index (χ2n) is 46.9. The van der Waals surface area contributed by atoms with Gasteiger partial charge in [0.2, 0.25) is 0 Å². The van der Waals surface area contributed by atoms with Crippen LogP contribution in [0.15, 0.2) is 36.5 Å². The third-order valence-corrected chi connectivity index (χ3v) is 39.6. The third-order valence-electron chi connectivity index (χ3n) is 36.1. The fourth-order valence-corrected chi connectivity index (χ4v) is 32.1. The van der Waals surface area contributed by atoms with E-state index < -0.39 is 177 Å². The van der Waals surface area contributed by atoms with Crippen molar-refractivity contribution in [3.05, 3.63) is 36.5 Å². The van der Waals surface area contributed by atoms with E-state index in [4.69, 9.17) is 60.5 Å². The van der Waals surface area contributed by atoms with Crippen LogP contribution in [0.25, 0.3) is 0 Å². The summed E-state index contributed by atoms with van der Waals surface area (Å²) in [4.78, 5) is 142. The Morgan fingerprint density at radius 3 is 0.868 bits per heavy atom. The quantitative estimate of drug-likeness (QED) is 0.0290. The number of rotatable bonds is 29. The van der Waals surface area contributed by atoms with Crippen molar-refractivity contribution in [2.24, 2.45) is 146 Å². The average Bonchev–Trinajstić information content (AvgIpc) is 1.17. The van der Waals surface area contributed by atoms with E-state index in [1.54, 1.807) is 34.6 Å². The van der Waals surface area contributed by atoms with Crippen molar-refractivity contribution in [1.82, 2.24) is 0 Å². The monoisotopic (exact) mass is 1950 g/mol. The Hall–Kier alpha value is -7.32. The molecule has 0 radical (unpaired) electrons. The summed E-state index contributed by atoms with van der Waals surface area (Å²) < 4.78 is 121. The van der Waals surface area contributed by atoms with E-state index in [9.17, 15) is 74.4 Å². The Labute approximate surface area is 804 Å². The number of hydrogen-bond donors (Lipinski definition) is 0. The molecule has 10 atom stereocenters. The van der Waals surface area contributed by atoms with Gasteiger partial charge in [-0.25, -0.2) is 43.2 Å². The normalized spacial score (nSPS) is 37.9. The Morgan fingerprint density at radius 2 is 0.581 bits per heavy atom. The van der Waals surface area contributed by atoms with Crippen molar-refractivity contribution < 1.29 is 140 Å². The molecule has 136 heavy (non-hydrogen) atoms. The summed E-state index contributed by atoms with van der Waals surface area (Å²) in [6.07, 6.45) is 27.0. The summed E-state index contributed by atoms with van der Waals surface area (Å²) in [5, 5.41) is -0.903. The van der Waals surface area contributed by atoms with Gasteiger partial charge in [0.05, 0.1) is 26.7 Å². The maximum Gasteiger partial charge on any atom is 0.344 e. The van der Waals surface area contributed by atoms with E-state index in [1.807, 2.05) is 34.6 Å². The van der Waals surface area contributed by atoms with E-state index >= 15 is 0 Å². The maximum absolute atomic E-state index is 12.8. The molecule has 20 saturated carbocycles. The Balaban J connectivity index is 0.000000138. The first-order chi connectivity index (χ1) is 63.6. The summed E-state index contributed by atoms with van der Waals surface area (Å²) in [6, 6.07) is 0. The highest BCUT2D eigenvalue weighted by molar-refractivity contribution is 7.88. The minimum absolute atomic E-state index is 0.00284. The summed E-state index contributed by atoms with van der Waals surface area (Å²) >= 11 is 0. The highest BCUT2D eigenvalue weighted by Crippen LogP contribution is 2.66. The molecule has 20 bridgehead atoms. The third kappa shape index (κ3) is 22.3. The first kappa shape index (κ1) is 106. The van der Waals surface area contributed by atoms with Gasteiger partial charge >= 0.3 is 71.6 Å². The SMILES string of the molecule is C=C(C)C(=O)OC1(C(C)C)C2CC3CC(C2)CC1C3.C=C(C)C(=O)OCC(=O)OC1C2CC3C1OS(=O)(=O)C3C2.C=C(C)C(=O)OCC(=O)OCC(=O)OC1(C)C2CC3CC(C2)CC1C3.CCC(C)(C)C(=O)OC1(C(C)C)C2CC3CC(C2)CC1C3.CCC(C)(C)C(=O)OCC(=O)OC1C2CC3C1OS(=O)(=O)C3C2.CCC(C)(C)C(=O)OCC(=O)OCC(=O)OC1(C)C2CC3CC(C2)CC1C3. The summed E-state index contributed by atoms with van der Waals surface area (Å²) in [7, 11) is -7.05. The van der Waals surface area contributed by atoms with Crippen molar-refractivity contribution in [1.29, 1.82) is 0 Å². The topological polar surface area (TPSA) is 402 Å². The number of hydrogen-bond acceptors (Lipinski definition) is 30. The van der Waals surface area contributed by atoms with Crippen molar-refractivity contribution in [2.45, 2.75) is 355 Å². The van der Waals surface area contributed by atoms with Gasteiger partial charge in [0.25, 0.3) is 20.2 Å².